The van der Waals surface area contributed by atoms with E-state index in [1.165, 1.54) is 22.3 Å². The zero-order valence-corrected chi connectivity index (χ0v) is 15.9. The van der Waals surface area contributed by atoms with Crippen molar-refractivity contribution in [2.75, 3.05) is 0 Å². The Balaban J connectivity index is 1.37. The van der Waals surface area contributed by atoms with Gasteiger partial charge < -0.3 is 0 Å². The molecule has 0 fully saturated rings. The maximum atomic E-state index is 2.20. The second kappa shape index (κ2) is 8.92. The molecule has 136 valence electrons. The van der Waals surface area contributed by atoms with Gasteiger partial charge in [-0.2, -0.15) is 0 Å². The first-order valence-electron chi connectivity index (χ1n) is 9.59. The first-order chi connectivity index (χ1) is 13.8. The summed E-state index contributed by atoms with van der Waals surface area (Å²) in [7, 11) is 0. The van der Waals surface area contributed by atoms with Gasteiger partial charge >= 0.3 is 0 Å². The van der Waals surface area contributed by atoms with Crippen molar-refractivity contribution in [2.45, 2.75) is 13.1 Å². The third-order valence-corrected chi connectivity index (χ3v) is 4.72. The van der Waals surface area contributed by atoms with Gasteiger partial charge in [-0.3, -0.25) is 0 Å². The van der Waals surface area contributed by atoms with Crippen molar-refractivity contribution in [1.29, 1.82) is 0 Å². The van der Waals surface area contributed by atoms with Gasteiger partial charge in [0.15, 0.2) is 37.9 Å². The maximum Gasteiger partial charge on any atom is 0.173 e. The topological polar surface area (TPSA) is 7.76 Å². The number of hydrogen-bond acceptors (Lipinski definition) is 0. The zero-order valence-electron chi connectivity index (χ0n) is 15.9. The molecule has 2 heteroatoms. The van der Waals surface area contributed by atoms with Crippen LogP contribution in [0.4, 0.5) is 0 Å². The number of benzene rings is 2. The summed E-state index contributed by atoms with van der Waals surface area (Å²) in [5.74, 6) is 0. The maximum absolute atomic E-state index is 2.20. The van der Waals surface area contributed by atoms with E-state index in [0.29, 0.717) is 0 Å². The average molecular weight is 364 g/mol. The molecule has 0 saturated carbocycles. The lowest BCUT2D eigenvalue weighted by Crippen LogP contribution is -2.33. The fourth-order valence-electron chi connectivity index (χ4n) is 3.15. The smallest absolute Gasteiger partial charge is 0.173 e. The lowest BCUT2D eigenvalue weighted by atomic mass is 10.2. The Morgan fingerprint density at radius 2 is 0.821 bits per heavy atom. The molecule has 0 saturated heterocycles. The Hall–Kier alpha value is -3.52. The second-order valence-electron chi connectivity index (χ2n) is 6.91. The summed E-state index contributed by atoms with van der Waals surface area (Å²) >= 11 is 0. The van der Waals surface area contributed by atoms with E-state index in [2.05, 4.69) is 131 Å². The summed E-state index contributed by atoms with van der Waals surface area (Å²) in [6.45, 7) is 1.79. The Morgan fingerprint density at radius 1 is 0.464 bits per heavy atom. The monoisotopic (exact) mass is 364 g/mol. The summed E-state index contributed by atoms with van der Waals surface area (Å²) in [5, 5.41) is 0. The van der Waals surface area contributed by atoms with Gasteiger partial charge in [0.25, 0.3) is 0 Å². The largest absolute Gasteiger partial charge is 0.201 e. The number of nitrogens with zero attached hydrogens (tertiary/aromatic N) is 2. The molecule has 4 aromatic rings. The standard InChI is InChI=1S/C26H24N2/c1-3-7-25(8-4-1)21-27-17-13-23(14-18-27)11-12-24-15-19-28(20-16-24)22-26-9-5-2-6-10-26/h1-20H,21-22H2/q+2/b12-11+. The van der Waals surface area contributed by atoms with Gasteiger partial charge in [-0.15, -0.1) is 0 Å². The van der Waals surface area contributed by atoms with E-state index in [9.17, 15) is 0 Å². The van der Waals surface area contributed by atoms with E-state index >= 15 is 0 Å². The molecule has 0 atom stereocenters. The molecule has 0 radical (unpaired) electrons. The van der Waals surface area contributed by atoms with Gasteiger partial charge in [0.1, 0.15) is 0 Å². The van der Waals surface area contributed by atoms with E-state index in [1.54, 1.807) is 0 Å². The first-order valence-corrected chi connectivity index (χ1v) is 9.59. The Labute approximate surface area is 166 Å². The van der Waals surface area contributed by atoms with Crippen molar-refractivity contribution in [2.24, 2.45) is 0 Å². The first kappa shape index (κ1) is 17.9. The van der Waals surface area contributed by atoms with Crippen LogP contribution in [0.25, 0.3) is 12.2 Å². The van der Waals surface area contributed by atoms with Crippen LogP contribution < -0.4 is 9.13 Å². The van der Waals surface area contributed by atoms with Crippen LogP contribution in [0.2, 0.25) is 0 Å². The SMILES string of the molecule is C(=C\c1cc[n+](Cc2ccccc2)cc1)/c1cc[n+](Cc2ccccc2)cc1. The highest BCUT2D eigenvalue weighted by Gasteiger charge is 2.03. The van der Waals surface area contributed by atoms with Crippen LogP contribution >= 0.6 is 0 Å². The summed E-state index contributed by atoms with van der Waals surface area (Å²) in [6, 6.07) is 29.6. The predicted octanol–water partition coefficient (Wildman–Crippen LogP) is 4.53. The Morgan fingerprint density at radius 3 is 1.18 bits per heavy atom. The van der Waals surface area contributed by atoms with Crippen LogP contribution in [-0.2, 0) is 13.1 Å². The van der Waals surface area contributed by atoms with Crippen LogP contribution in [0.5, 0.6) is 0 Å². The zero-order chi connectivity index (χ0) is 19.0. The van der Waals surface area contributed by atoms with Crippen molar-refractivity contribution in [3.05, 3.63) is 132 Å². The van der Waals surface area contributed by atoms with Crippen LogP contribution in [0.3, 0.4) is 0 Å². The summed E-state index contributed by atoms with van der Waals surface area (Å²) in [4.78, 5) is 0. The van der Waals surface area contributed by atoms with E-state index in [4.69, 9.17) is 0 Å². The molecule has 0 bridgehead atoms. The molecule has 2 nitrogen and oxygen atoms in total. The quantitative estimate of drug-likeness (QED) is 0.444. The molecule has 0 N–H and O–H groups in total. The van der Waals surface area contributed by atoms with Crippen molar-refractivity contribution in [3.63, 3.8) is 0 Å². The summed E-state index contributed by atoms with van der Waals surface area (Å²) in [5.41, 5.74) is 5.02. The minimum atomic E-state index is 0.894. The Kier molecular flexibility index (Phi) is 5.69. The molecule has 2 aromatic carbocycles. The molecule has 0 amide bonds. The van der Waals surface area contributed by atoms with E-state index < -0.39 is 0 Å². The molecule has 0 spiro atoms. The van der Waals surface area contributed by atoms with Crippen LogP contribution in [0.15, 0.2) is 110 Å². The van der Waals surface area contributed by atoms with E-state index in [0.717, 1.165) is 13.1 Å². The molecule has 0 aliphatic rings. The lowest BCUT2D eigenvalue weighted by molar-refractivity contribution is -0.688. The molecule has 2 heterocycles. The molecule has 28 heavy (non-hydrogen) atoms. The fraction of sp³-hybridized carbons (Fsp3) is 0.0769. The minimum Gasteiger partial charge on any atom is -0.201 e. The third-order valence-electron chi connectivity index (χ3n) is 4.72. The average Bonchev–Trinajstić information content (AvgIpc) is 2.76. The molecular formula is C26H24N2+2. The normalized spacial score (nSPS) is 11.0. The van der Waals surface area contributed by atoms with Gasteiger partial charge in [-0.1, -0.05) is 72.8 Å². The molecule has 0 unspecified atom stereocenters. The van der Waals surface area contributed by atoms with Gasteiger partial charge in [0.2, 0.25) is 0 Å². The molecule has 0 aliphatic heterocycles. The highest BCUT2D eigenvalue weighted by Crippen LogP contribution is 2.06. The summed E-state index contributed by atoms with van der Waals surface area (Å²) in [6.07, 6.45) is 12.8. The predicted molar refractivity (Wildman–Crippen MR) is 113 cm³/mol. The van der Waals surface area contributed by atoms with Gasteiger partial charge in [0, 0.05) is 35.4 Å². The molecule has 4 rings (SSSR count). The van der Waals surface area contributed by atoms with Crippen molar-refractivity contribution in [1.82, 2.24) is 0 Å². The van der Waals surface area contributed by atoms with Gasteiger partial charge in [-0.25, -0.2) is 9.13 Å². The fourth-order valence-corrected chi connectivity index (χ4v) is 3.15. The second-order valence-corrected chi connectivity index (χ2v) is 6.91. The van der Waals surface area contributed by atoms with E-state index in [1.807, 2.05) is 0 Å². The summed E-state index contributed by atoms with van der Waals surface area (Å²) < 4.78 is 4.39. The Bertz CT molecular complexity index is 932. The minimum absolute atomic E-state index is 0.894. The number of hydrogen-bond donors (Lipinski definition) is 0. The molecule has 2 aromatic heterocycles. The highest BCUT2D eigenvalue weighted by molar-refractivity contribution is 5.68. The molecule has 0 aliphatic carbocycles. The van der Waals surface area contributed by atoms with Gasteiger partial charge in [0.05, 0.1) is 0 Å². The van der Waals surface area contributed by atoms with Crippen LogP contribution in [0, 0.1) is 0 Å². The van der Waals surface area contributed by atoms with Crippen molar-refractivity contribution >= 4 is 12.2 Å². The van der Waals surface area contributed by atoms with Crippen LogP contribution in [-0.4, -0.2) is 0 Å². The lowest BCUT2D eigenvalue weighted by Gasteiger charge is -1.99. The van der Waals surface area contributed by atoms with Crippen LogP contribution in [0.1, 0.15) is 22.3 Å². The van der Waals surface area contributed by atoms with Crippen molar-refractivity contribution < 1.29 is 9.13 Å². The number of pyridine rings is 2. The van der Waals surface area contributed by atoms with Gasteiger partial charge in [-0.05, 0) is 11.1 Å². The van der Waals surface area contributed by atoms with Crippen molar-refractivity contribution in [3.8, 4) is 0 Å². The number of aromatic nitrogens is 2. The highest BCUT2D eigenvalue weighted by atomic mass is 14.9. The molecular weight excluding hydrogens is 340 g/mol. The third kappa shape index (κ3) is 5.01. The number of rotatable bonds is 6. The van der Waals surface area contributed by atoms with E-state index in [-0.39, 0.29) is 0 Å².